The lowest BCUT2D eigenvalue weighted by Gasteiger charge is -2.10. The smallest absolute Gasteiger partial charge is 0.225 e. The number of carbonyl (C=O) groups is 1. The van der Waals surface area contributed by atoms with E-state index in [1.54, 1.807) is 6.20 Å². The van der Waals surface area contributed by atoms with Gasteiger partial charge in [-0.15, -0.1) is 0 Å². The number of amides is 1. The van der Waals surface area contributed by atoms with Gasteiger partial charge in [-0.1, -0.05) is 80.6 Å². The fourth-order valence-electron chi connectivity index (χ4n) is 2.66. The zero-order valence-corrected chi connectivity index (χ0v) is 15.6. The zero-order chi connectivity index (χ0) is 19.1. The minimum atomic E-state index is -0.0545. The molecule has 0 aliphatic rings. The number of nitrogens with one attached hydrogen (secondary N) is 1. The molecular formula is C23H23N3O. The number of hydrogen-bond donors (Lipinski definition) is 1. The number of nitrogens with zero attached hydrogens (tertiary/aromatic N) is 2. The highest BCUT2D eigenvalue weighted by atomic mass is 16.1. The van der Waals surface area contributed by atoms with Gasteiger partial charge in [-0.25, -0.2) is 9.97 Å². The van der Waals surface area contributed by atoms with E-state index in [1.165, 1.54) is 0 Å². The Morgan fingerprint density at radius 1 is 1.00 bits per heavy atom. The molecule has 1 aromatic heterocycles. The summed E-state index contributed by atoms with van der Waals surface area (Å²) in [5, 5.41) is 2.89. The summed E-state index contributed by atoms with van der Waals surface area (Å²) in [6, 6.07) is 19.9. The summed E-state index contributed by atoms with van der Waals surface area (Å²) in [4.78, 5) is 21.4. The standard InChI is InChI=1S/C23H23N3O/c1-17(2)15-22(27)26-23-20(14-13-18-9-5-3-6-10-18)25-21(16-24-23)19-11-7-4-8-12-19/h3-14,16-17H,15H2,1-2H3,(H,24,26,27). The van der Waals surface area contributed by atoms with Crippen LogP contribution in [0.4, 0.5) is 5.82 Å². The summed E-state index contributed by atoms with van der Waals surface area (Å²) in [5.41, 5.74) is 3.45. The van der Waals surface area contributed by atoms with E-state index >= 15 is 0 Å². The first-order valence-electron chi connectivity index (χ1n) is 9.07. The van der Waals surface area contributed by atoms with Crippen LogP contribution >= 0.6 is 0 Å². The summed E-state index contributed by atoms with van der Waals surface area (Å²) in [6.07, 6.45) is 6.00. The first kappa shape index (κ1) is 18.5. The van der Waals surface area contributed by atoms with Crippen LogP contribution in [0, 0.1) is 5.92 Å². The van der Waals surface area contributed by atoms with Crippen LogP contribution in [0.3, 0.4) is 0 Å². The number of aromatic nitrogens is 2. The fraction of sp³-hybridized carbons (Fsp3) is 0.174. The molecule has 4 nitrogen and oxygen atoms in total. The van der Waals surface area contributed by atoms with Crippen molar-refractivity contribution in [2.45, 2.75) is 20.3 Å². The molecular weight excluding hydrogens is 334 g/mol. The summed E-state index contributed by atoms with van der Waals surface area (Å²) < 4.78 is 0. The molecule has 0 saturated heterocycles. The van der Waals surface area contributed by atoms with Gasteiger partial charge in [0.25, 0.3) is 0 Å². The van der Waals surface area contributed by atoms with Crippen molar-refractivity contribution in [2.75, 3.05) is 5.32 Å². The maximum atomic E-state index is 12.2. The van der Waals surface area contributed by atoms with Gasteiger partial charge in [0.1, 0.15) is 5.69 Å². The summed E-state index contributed by atoms with van der Waals surface area (Å²) in [5.74, 6) is 0.707. The van der Waals surface area contributed by atoms with E-state index in [0.717, 1.165) is 16.8 Å². The third-order valence-corrected chi connectivity index (χ3v) is 3.95. The van der Waals surface area contributed by atoms with Crippen molar-refractivity contribution in [1.29, 1.82) is 0 Å². The van der Waals surface area contributed by atoms with E-state index in [9.17, 15) is 4.79 Å². The van der Waals surface area contributed by atoms with E-state index in [4.69, 9.17) is 4.98 Å². The second kappa shape index (κ2) is 8.90. The largest absolute Gasteiger partial charge is 0.309 e. The van der Waals surface area contributed by atoms with Gasteiger partial charge in [0.2, 0.25) is 5.91 Å². The maximum absolute atomic E-state index is 12.2. The molecule has 27 heavy (non-hydrogen) atoms. The highest BCUT2D eigenvalue weighted by molar-refractivity contribution is 5.92. The fourth-order valence-corrected chi connectivity index (χ4v) is 2.66. The molecule has 136 valence electrons. The second-order valence-corrected chi connectivity index (χ2v) is 6.75. The van der Waals surface area contributed by atoms with Crippen molar-refractivity contribution in [1.82, 2.24) is 9.97 Å². The van der Waals surface area contributed by atoms with Crippen LogP contribution in [-0.2, 0) is 4.79 Å². The minimum Gasteiger partial charge on any atom is -0.309 e. The van der Waals surface area contributed by atoms with Gasteiger partial charge in [0.15, 0.2) is 5.82 Å². The van der Waals surface area contributed by atoms with Gasteiger partial charge in [0.05, 0.1) is 11.9 Å². The Morgan fingerprint density at radius 3 is 2.33 bits per heavy atom. The molecule has 0 bridgehead atoms. The van der Waals surface area contributed by atoms with Crippen LogP contribution in [-0.4, -0.2) is 15.9 Å². The first-order valence-corrected chi connectivity index (χ1v) is 9.07. The van der Waals surface area contributed by atoms with Crippen molar-refractivity contribution in [3.05, 3.63) is 78.1 Å². The molecule has 0 aliphatic heterocycles. The third-order valence-electron chi connectivity index (χ3n) is 3.95. The summed E-state index contributed by atoms with van der Waals surface area (Å²) in [7, 11) is 0. The molecule has 2 aromatic carbocycles. The lowest BCUT2D eigenvalue weighted by molar-refractivity contribution is -0.116. The minimum absolute atomic E-state index is 0.0545. The van der Waals surface area contributed by atoms with E-state index in [1.807, 2.05) is 86.7 Å². The highest BCUT2D eigenvalue weighted by Crippen LogP contribution is 2.21. The molecule has 0 spiro atoms. The van der Waals surface area contributed by atoms with Gasteiger partial charge >= 0.3 is 0 Å². The molecule has 4 heteroatoms. The Kier molecular flexibility index (Phi) is 6.10. The van der Waals surface area contributed by atoms with Gasteiger partial charge in [0, 0.05) is 12.0 Å². The Morgan fingerprint density at radius 2 is 1.67 bits per heavy atom. The number of rotatable bonds is 6. The van der Waals surface area contributed by atoms with Gasteiger partial charge in [-0.2, -0.15) is 0 Å². The third kappa shape index (κ3) is 5.35. The molecule has 0 atom stereocenters. The molecule has 0 saturated carbocycles. The van der Waals surface area contributed by atoms with Gasteiger partial charge < -0.3 is 5.32 Å². The predicted octanol–water partition coefficient (Wildman–Crippen LogP) is 5.30. The van der Waals surface area contributed by atoms with Crippen LogP contribution in [0.15, 0.2) is 66.9 Å². The van der Waals surface area contributed by atoms with Crippen LogP contribution in [0.25, 0.3) is 23.4 Å². The van der Waals surface area contributed by atoms with Crippen LogP contribution in [0.2, 0.25) is 0 Å². The molecule has 0 radical (unpaired) electrons. The maximum Gasteiger partial charge on any atom is 0.225 e. The lowest BCUT2D eigenvalue weighted by atomic mass is 10.1. The normalized spacial score (nSPS) is 11.1. The average Bonchev–Trinajstić information content (AvgIpc) is 2.68. The van der Waals surface area contributed by atoms with E-state index in [0.29, 0.717) is 17.9 Å². The summed E-state index contributed by atoms with van der Waals surface area (Å²) >= 11 is 0. The summed E-state index contributed by atoms with van der Waals surface area (Å²) in [6.45, 7) is 4.03. The molecule has 1 heterocycles. The Bertz CT molecular complexity index is 919. The topological polar surface area (TPSA) is 54.9 Å². The number of hydrogen-bond acceptors (Lipinski definition) is 3. The average molecular weight is 357 g/mol. The Hall–Kier alpha value is -3.27. The molecule has 0 aliphatic carbocycles. The van der Waals surface area contributed by atoms with Crippen molar-refractivity contribution >= 4 is 23.9 Å². The molecule has 1 N–H and O–H groups in total. The number of benzene rings is 2. The number of carbonyl (C=O) groups excluding carboxylic acids is 1. The Labute approximate surface area is 160 Å². The van der Waals surface area contributed by atoms with Gasteiger partial charge in [-0.3, -0.25) is 4.79 Å². The van der Waals surface area contributed by atoms with Crippen molar-refractivity contribution in [3.63, 3.8) is 0 Å². The second-order valence-electron chi connectivity index (χ2n) is 6.75. The van der Waals surface area contributed by atoms with Crippen molar-refractivity contribution in [3.8, 4) is 11.3 Å². The zero-order valence-electron chi connectivity index (χ0n) is 15.6. The van der Waals surface area contributed by atoms with Crippen LogP contribution in [0.5, 0.6) is 0 Å². The number of anilines is 1. The van der Waals surface area contributed by atoms with Gasteiger partial charge in [-0.05, 0) is 17.6 Å². The molecule has 3 rings (SSSR count). The lowest BCUT2D eigenvalue weighted by Crippen LogP contribution is -2.16. The quantitative estimate of drug-likeness (QED) is 0.651. The molecule has 3 aromatic rings. The van der Waals surface area contributed by atoms with E-state index < -0.39 is 0 Å². The highest BCUT2D eigenvalue weighted by Gasteiger charge is 2.11. The SMILES string of the molecule is CC(C)CC(=O)Nc1ncc(-c2ccccc2)nc1C=Cc1ccccc1. The van der Waals surface area contributed by atoms with Crippen LogP contribution < -0.4 is 5.32 Å². The Balaban J connectivity index is 1.94. The predicted molar refractivity (Wildman–Crippen MR) is 111 cm³/mol. The molecule has 0 fully saturated rings. The van der Waals surface area contributed by atoms with Crippen LogP contribution in [0.1, 0.15) is 31.5 Å². The molecule has 1 amide bonds. The van der Waals surface area contributed by atoms with Crippen molar-refractivity contribution < 1.29 is 4.79 Å². The van der Waals surface area contributed by atoms with Crippen molar-refractivity contribution in [2.24, 2.45) is 5.92 Å². The molecule has 0 unspecified atom stereocenters. The van der Waals surface area contributed by atoms with E-state index in [-0.39, 0.29) is 11.8 Å². The first-order chi connectivity index (χ1) is 13.1. The monoisotopic (exact) mass is 357 g/mol. The van der Waals surface area contributed by atoms with E-state index in [2.05, 4.69) is 10.3 Å².